The minimum absolute atomic E-state index is 0.0254. The number of hydrogen-bond donors (Lipinski definition) is 0. The van der Waals surface area contributed by atoms with Gasteiger partial charge in [-0.05, 0) is 33.6 Å². The highest BCUT2D eigenvalue weighted by Gasteiger charge is 2.35. The molecule has 2 nitrogen and oxygen atoms in total. The first-order chi connectivity index (χ1) is 7.75. The van der Waals surface area contributed by atoms with Crippen LogP contribution in [-0.2, 0) is 22.1 Å². The van der Waals surface area contributed by atoms with Gasteiger partial charge in [-0.15, -0.1) is 0 Å². The van der Waals surface area contributed by atoms with Crippen molar-refractivity contribution < 1.29 is 27.1 Å². The minimum Gasteiger partial charge on any atom is -0.469 e. The summed E-state index contributed by atoms with van der Waals surface area (Å²) in [5.74, 6) is -2.09. The summed E-state index contributed by atoms with van der Waals surface area (Å²) >= 11 is 2.67. The fourth-order valence-electron chi connectivity index (χ4n) is 1.19. The molecule has 0 fully saturated rings. The number of benzene rings is 1. The second-order valence-corrected chi connectivity index (χ2v) is 4.04. The van der Waals surface area contributed by atoms with Gasteiger partial charge in [-0.3, -0.25) is 4.79 Å². The molecule has 0 saturated carbocycles. The minimum atomic E-state index is -4.81. The summed E-state index contributed by atoms with van der Waals surface area (Å²) in [6.07, 6.45) is -5.16. The Morgan fingerprint density at radius 1 is 1.41 bits per heavy atom. The van der Waals surface area contributed by atoms with E-state index in [-0.39, 0.29) is 16.5 Å². The van der Waals surface area contributed by atoms with Crippen molar-refractivity contribution in [3.63, 3.8) is 0 Å². The van der Waals surface area contributed by atoms with Gasteiger partial charge < -0.3 is 4.74 Å². The van der Waals surface area contributed by atoms with E-state index in [1.807, 2.05) is 0 Å². The summed E-state index contributed by atoms with van der Waals surface area (Å²) < 4.78 is 54.5. The third-order valence-corrected chi connectivity index (χ3v) is 2.55. The molecule has 94 valence electrons. The average molecular weight is 315 g/mol. The fourth-order valence-corrected chi connectivity index (χ4v) is 1.70. The van der Waals surface area contributed by atoms with Crippen LogP contribution in [0.2, 0.25) is 0 Å². The Hall–Kier alpha value is -1.11. The number of halogens is 5. The molecule has 0 spiro atoms. The molecule has 0 bridgehead atoms. The topological polar surface area (TPSA) is 26.3 Å². The fraction of sp³-hybridized carbons (Fsp3) is 0.300. The van der Waals surface area contributed by atoms with Gasteiger partial charge in [-0.2, -0.15) is 13.2 Å². The number of ether oxygens (including phenoxy) is 1. The van der Waals surface area contributed by atoms with Crippen molar-refractivity contribution in [2.45, 2.75) is 12.6 Å². The van der Waals surface area contributed by atoms with Crippen molar-refractivity contribution in [1.29, 1.82) is 0 Å². The van der Waals surface area contributed by atoms with E-state index in [2.05, 4.69) is 20.7 Å². The lowest BCUT2D eigenvalue weighted by Crippen LogP contribution is -2.11. The number of carbonyl (C=O) groups is 1. The molecule has 0 heterocycles. The molecule has 7 heteroatoms. The maximum atomic E-state index is 13.2. The van der Waals surface area contributed by atoms with E-state index < -0.39 is 23.5 Å². The predicted molar refractivity (Wildman–Crippen MR) is 54.8 cm³/mol. The average Bonchev–Trinajstić information content (AvgIpc) is 2.21. The normalized spacial score (nSPS) is 11.4. The highest BCUT2D eigenvalue weighted by atomic mass is 79.9. The Labute approximate surface area is 103 Å². The van der Waals surface area contributed by atoms with Gasteiger partial charge in [0.1, 0.15) is 5.82 Å². The van der Waals surface area contributed by atoms with E-state index in [0.29, 0.717) is 6.07 Å². The zero-order chi connectivity index (χ0) is 13.2. The number of carbonyl (C=O) groups excluding carboxylic acids is 1. The van der Waals surface area contributed by atoms with Crippen LogP contribution >= 0.6 is 15.9 Å². The van der Waals surface area contributed by atoms with Gasteiger partial charge in [0.15, 0.2) is 0 Å². The first-order valence-electron chi connectivity index (χ1n) is 4.37. The first-order valence-corrected chi connectivity index (χ1v) is 5.17. The number of rotatable bonds is 2. The molecule has 1 rings (SSSR count). The maximum absolute atomic E-state index is 13.2. The summed E-state index contributed by atoms with van der Waals surface area (Å²) in [7, 11) is 1.12. The third kappa shape index (κ3) is 3.42. The zero-order valence-corrected chi connectivity index (χ0v) is 10.2. The quantitative estimate of drug-likeness (QED) is 0.618. The van der Waals surface area contributed by atoms with Crippen LogP contribution in [0.1, 0.15) is 11.1 Å². The summed E-state index contributed by atoms with van der Waals surface area (Å²) in [6, 6.07) is 1.71. The highest BCUT2D eigenvalue weighted by Crippen LogP contribution is 2.35. The van der Waals surface area contributed by atoms with Crippen LogP contribution in [0.5, 0.6) is 0 Å². The van der Waals surface area contributed by atoms with Crippen LogP contribution in [-0.4, -0.2) is 13.1 Å². The molecule has 0 radical (unpaired) electrons. The Balaban J connectivity index is 3.20. The number of methoxy groups -OCH3 is 1. The monoisotopic (exact) mass is 314 g/mol. The van der Waals surface area contributed by atoms with E-state index in [4.69, 9.17) is 0 Å². The SMILES string of the molecule is COC(=O)Cc1cc(Br)c(F)c(C(F)(F)F)c1. The molecule has 0 aliphatic heterocycles. The van der Waals surface area contributed by atoms with E-state index in [1.165, 1.54) is 0 Å². The summed E-state index contributed by atoms with van der Waals surface area (Å²) in [5.41, 5.74) is -1.39. The summed E-state index contributed by atoms with van der Waals surface area (Å²) in [6.45, 7) is 0. The molecule has 0 saturated heterocycles. The smallest absolute Gasteiger partial charge is 0.419 e. The van der Waals surface area contributed by atoms with Crippen molar-refractivity contribution in [2.24, 2.45) is 0 Å². The number of alkyl halides is 3. The van der Waals surface area contributed by atoms with Gasteiger partial charge in [0.2, 0.25) is 0 Å². The Morgan fingerprint density at radius 2 is 2.00 bits per heavy atom. The Morgan fingerprint density at radius 3 is 2.47 bits per heavy atom. The van der Waals surface area contributed by atoms with Crippen LogP contribution in [0.3, 0.4) is 0 Å². The highest BCUT2D eigenvalue weighted by molar-refractivity contribution is 9.10. The number of hydrogen-bond acceptors (Lipinski definition) is 2. The van der Waals surface area contributed by atoms with Gasteiger partial charge in [0.25, 0.3) is 0 Å². The standard InChI is InChI=1S/C10H7BrF4O2/c1-17-8(16)4-5-2-6(10(13,14)15)9(12)7(11)3-5/h2-3H,4H2,1H3. The molecule has 1 aromatic carbocycles. The van der Waals surface area contributed by atoms with Crippen LogP contribution in [0.25, 0.3) is 0 Å². The van der Waals surface area contributed by atoms with E-state index >= 15 is 0 Å². The van der Waals surface area contributed by atoms with Crippen molar-refractivity contribution >= 4 is 21.9 Å². The van der Waals surface area contributed by atoms with Gasteiger partial charge in [-0.1, -0.05) is 0 Å². The lowest BCUT2D eigenvalue weighted by Gasteiger charge is -2.11. The van der Waals surface area contributed by atoms with Crippen molar-refractivity contribution in [3.8, 4) is 0 Å². The van der Waals surface area contributed by atoms with Crippen molar-refractivity contribution in [2.75, 3.05) is 7.11 Å². The predicted octanol–water partition coefficient (Wildman–Crippen LogP) is 3.32. The van der Waals surface area contributed by atoms with Crippen LogP contribution in [0.4, 0.5) is 17.6 Å². The van der Waals surface area contributed by atoms with Crippen LogP contribution in [0, 0.1) is 5.82 Å². The second kappa shape index (κ2) is 5.03. The molecule has 0 amide bonds. The van der Waals surface area contributed by atoms with Gasteiger partial charge in [0.05, 0.1) is 23.6 Å². The molecule has 0 aliphatic rings. The van der Waals surface area contributed by atoms with E-state index in [9.17, 15) is 22.4 Å². The second-order valence-electron chi connectivity index (χ2n) is 3.19. The molecule has 1 aromatic rings. The van der Waals surface area contributed by atoms with Gasteiger partial charge in [-0.25, -0.2) is 4.39 Å². The molecule has 0 aliphatic carbocycles. The molecule has 17 heavy (non-hydrogen) atoms. The van der Waals surface area contributed by atoms with Crippen LogP contribution in [0.15, 0.2) is 16.6 Å². The zero-order valence-electron chi connectivity index (χ0n) is 8.57. The lowest BCUT2D eigenvalue weighted by molar-refractivity contribution is -0.141. The maximum Gasteiger partial charge on any atom is 0.419 e. The Kier molecular flexibility index (Phi) is 4.13. The first kappa shape index (κ1) is 14.0. The third-order valence-electron chi connectivity index (χ3n) is 1.97. The van der Waals surface area contributed by atoms with Gasteiger partial charge >= 0.3 is 12.1 Å². The van der Waals surface area contributed by atoms with Gasteiger partial charge in [0, 0.05) is 0 Å². The molecule has 0 aromatic heterocycles. The lowest BCUT2D eigenvalue weighted by atomic mass is 10.1. The molecular weight excluding hydrogens is 308 g/mol. The molecule has 0 atom stereocenters. The molecule has 0 unspecified atom stereocenters. The molecule has 0 N–H and O–H groups in total. The van der Waals surface area contributed by atoms with Crippen molar-refractivity contribution in [3.05, 3.63) is 33.5 Å². The molecular formula is C10H7BrF4O2. The summed E-state index contributed by atoms with van der Waals surface area (Å²) in [4.78, 5) is 10.9. The number of esters is 1. The summed E-state index contributed by atoms with van der Waals surface area (Å²) in [5, 5.41) is 0. The largest absolute Gasteiger partial charge is 0.469 e. The van der Waals surface area contributed by atoms with E-state index in [1.54, 1.807) is 0 Å². The van der Waals surface area contributed by atoms with E-state index in [0.717, 1.165) is 13.2 Å². The van der Waals surface area contributed by atoms with Crippen LogP contribution < -0.4 is 0 Å². The van der Waals surface area contributed by atoms with Crippen molar-refractivity contribution in [1.82, 2.24) is 0 Å². The Bertz CT molecular complexity index is 443.